The fourth-order valence-corrected chi connectivity index (χ4v) is 15.7. The van der Waals surface area contributed by atoms with Gasteiger partial charge in [-0.1, -0.05) is 236 Å². The largest absolute Gasteiger partial charge is 0.394 e. The molecule has 2 amide bonds. The van der Waals surface area contributed by atoms with Crippen LogP contribution in [-0.4, -0.2) is 204 Å². The summed E-state index contributed by atoms with van der Waals surface area (Å²) >= 11 is 27.3. The zero-order valence-corrected chi connectivity index (χ0v) is 68.2. The van der Waals surface area contributed by atoms with Gasteiger partial charge in [0.1, 0.15) is 76.1 Å². The number of benzene rings is 8. The van der Waals surface area contributed by atoms with E-state index in [9.17, 15) is 27.9 Å². The number of hydrogen-bond donors (Lipinski definition) is 1. The number of aliphatic hydroxyl groups is 1. The molecule has 8 aromatic carbocycles. The number of hydrogen-bond acceptors (Lipinski definition) is 19. The number of aliphatic hydroxyl groups excluding tert-OH is 1. The lowest BCUT2D eigenvalue weighted by atomic mass is 10.1. The normalized spacial score (nSPS) is 13.0. The predicted octanol–water partition coefficient (Wildman–Crippen LogP) is 19.8. The van der Waals surface area contributed by atoms with E-state index in [-0.39, 0.29) is 100 Å². The molecule has 3 fully saturated rings. The first-order valence-corrected chi connectivity index (χ1v) is 40.5. The monoisotopic (exact) mass is 1800 g/mol. The molecule has 1 N–H and O–H groups in total. The smallest absolute Gasteiger partial charge is 0.244 e. The van der Waals surface area contributed by atoms with Crippen LogP contribution in [0.1, 0.15) is 50.1 Å². The van der Waals surface area contributed by atoms with Crippen LogP contribution in [0.15, 0.2) is 218 Å². The summed E-state index contributed by atoms with van der Waals surface area (Å²) < 4.78 is 63.0. The van der Waals surface area contributed by atoms with Gasteiger partial charge >= 0.3 is 0 Å². The molecule has 0 atom stereocenters. The first kappa shape index (κ1) is 96.9. The van der Waals surface area contributed by atoms with E-state index in [0.717, 1.165) is 77.2 Å². The average molecular weight is 1800 g/mol. The van der Waals surface area contributed by atoms with E-state index in [2.05, 4.69) is 62.0 Å². The number of rotatable bonds is 17. The predicted molar refractivity (Wildman–Crippen MR) is 499 cm³/mol. The van der Waals surface area contributed by atoms with Crippen LogP contribution < -0.4 is 0 Å². The summed E-state index contributed by atoms with van der Waals surface area (Å²) in [6, 6.07) is 64.7. The molecule has 0 unspecified atom stereocenters. The first-order chi connectivity index (χ1) is 59.1. The minimum absolute atomic E-state index is 0. The van der Waals surface area contributed by atoms with E-state index in [1.165, 1.54) is 41.1 Å². The van der Waals surface area contributed by atoms with Crippen molar-refractivity contribution in [3.8, 4) is 90.1 Å². The van der Waals surface area contributed by atoms with Crippen LogP contribution in [0.5, 0.6) is 0 Å². The summed E-state index contributed by atoms with van der Waals surface area (Å²) in [6.45, 7) is 11.3. The summed E-state index contributed by atoms with van der Waals surface area (Å²) in [5, 5.41) is 67.5. The number of ether oxygens (including phenoxy) is 3. The SMILES string of the molecule is C.C.C.C.C.C.Cc1cccc(-c2nn(CC(=O)N3CCOCC3)c3nnc(-c4ccccc4)c(Cl)c23)c1.Fc1ccc(-c2nn(CCN3CCOCC3)c3nnc(-c4ccccc4)c(Cl)c23)cc1.O=C(Cn1nc(-c2ccc(F)cc2)c2c(Cl)c(-c3ccccc3)nnc21)N1CCOCC1.OCCn1nc(-c2ccc(F)cc2)c2c(Cl)c(-c3ccccc3)nnc21. The second-order valence-corrected chi connectivity index (χ2v) is 29.9. The first-order valence-electron chi connectivity index (χ1n) is 39.0. The summed E-state index contributed by atoms with van der Waals surface area (Å²) in [5.41, 5.74) is 14.3. The Kier molecular flexibility index (Phi) is 34.1. The molecule has 32 heteroatoms. The van der Waals surface area contributed by atoms with Crippen molar-refractivity contribution in [2.75, 3.05) is 92.1 Å². The molecule has 3 aliphatic heterocycles. The molecule has 0 aliphatic carbocycles. The van der Waals surface area contributed by atoms with Crippen LogP contribution in [0.2, 0.25) is 20.1 Å². The number of carbonyl (C=O) groups is 2. The zero-order valence-electron chi connectivity index (χ0n) is 65.1. The van der Waals surface area contributed by atoms with Gasteiger partial charge in [0.15, 0.2) is 22.6 Å². The number of nitrogens with zero attached hydrogens (tertiary/aromatic N) is 19. The fourth-order valence-electron chi connectivity index (χ4n) is 14.4. The molecule has 11 heterocycles. The molecule has 16 aromatic rings. The highest BCUT2D eigenvalue weighted by molar-refractivity contribution is 6.40. The molecule has 3 aliphatic rings. The Morgan fingerprint density at radius 2 is 0.591 bits per heavy atom. The average Bonchev–Trinajstić information content (AvgIpc) is 1.63. The van der Waals surface area contributed by atoms with Crippen molar-refractivity contribution in [1.29, 1.82) is 0 Å². The van der Waals surface area contributed by atoms with Crippen LogP contribution in [-0.2, 0) is 50.0 Å². The maximum absolute atomic E-state index is 13.5. The zero-order chi connectivity index (χ0) is 83.5. The lowest BCUT2D eigenvalue weighted by Crippen LogP contribution is -2.42. The van der Waals surface area contributed by atoms with Gasteiger partial charge in [0.2, 0.25) is 11.8 Å². The lowest BCUT2D eigenvalue weighted by Gasteiger charge is -2.26. The number of morpholine rings is 3. The van der Waals surface area contributed by atoms with Gasteiger partial charge in [-0.3, -0.25) is 14.5 Å². The topological polar surface area (TPSA) is 266 Å². The quantitative estimate of drug-likeness (QED) is 0.0887. The highest BCUT2D eigenvalue weighted by Crippen LogP contribution is 2.43. The van der Waals surface area contributed by atoms with Crippen molar-refractivity contribution in [2.45, 2.75) is 77.7 Å². The van der Waals surface area contributed by atoms with E-state index < -0.39 is 0 Å². The van der Waals surface area contributed by atoms with Crippen LogP contribution in [0.4, 0.5) is 13.2 Å². The minimum Gasteiger partial charge on any atom is -0.394 e. The third-order valence-electron chi connectivity index (χ3n) is 20.6. The van der Waals surface area contributed by atoms with Gasteiger partial charge in [-0.25, -0.2) is 31.9 Å². The maximum Gasteiger partial charge on any atom is 0.244 e. The van der Waals surface area contributed by atoms with E-state index in [1.807, 2.05) is 151 Å². The van der Waals surface area contributed by atoms with Crippen molar-refractivity contribution in [3.63, 3.8) is 0 Å². The van der Waals surface area contributed by atoms with Crippen LogP contribution in [0, 0.1) is 24.4 Å². The number of aryl methyl sites for hydroxylation is 1. The lowest BCUT2D eigenvalue weighted by molar-refractivity contribution is -0.136. The summed E-state index contributed by atoms with van der Waals surface area (Å²) in [6.07, 6.45) is 0. The van der Waals surface area contributed by atoms with Crippen LogP contribution in [0.3, 0.4) is 0 Å². The van der Waals surface area contributed by atoms with Crippen molar-refractivity contribution in [3.05, 3.63) is 261 Å². The summed E-state index contributed by atoms with van der Waals surface area (Å²) in [4.78, 5) is 31.6. The highest BCUT2D eigenvalue weighted by atomic mass is 35.5. The molecule has 0 bridgehead atoms. The molecule has 0 radical (unpaired) electrons. The molecule has 8 aromatic heterocycles. The second kappa shape index (κ2) is 44.7. The van der Waals surface area contributed by atoms with Gasteiger partial charge in [-0.15, -0.1) is 40.8 Å². The molecule has 19 rings (SSSR count). The van der Waals surface area contributed by atoms with Crippen LogP contribution >= 0.6 is 46.4 Å². The molecule has 3 saturated heterocycles. The Morgan fingerprint density at radius 1 is 0.323 bits per heavy atom. The van der Waals surface area contributed by atoms with E-state index in [0.29, 0.717) is 175 Å². The van der Waals surface area contributed by atoms with Gasteiger partial charge in [0.05, 0.1) is 101 Å². The Labute approximate surface area is 755 Å². The molecule has 0 saturated carbocycles. The third kappa shape index (κ3) is 21.7. The summed E-state index contributed by atoms with van der Waals surface area (Å²) in [5.74, 6) is -1.10. The minimum atomic E-state index is -0.351. The molecule has 660 valence electrons. The van der Waals surface area contributed by atoms with Crippen molar-refractivity contribution in [2.24, 2.45) is 0 Å². The van der Waals surface area contributed by atoms with Gasteiger partial charge in [-0.05, 0) is 85.8 Å². The number of carbonyl (C=O) groups excluding carboxylic acids is 2. The Morgan fingerprint density at radius 3 is 0.898 bits per heavy atom. The van der Waals surface area contributed by atoms with Gasteiger partial charge in [0.25, 0.3) is 0 Å². The Hall–Kier alpha value is -12.4. The number of halogens is 7. The fraction of sp³-hybridized carbons (Fsp3) is 0.263. The molecule has 127 heavy (non-hydrogen) atoms. The molecular formula is C95H100Cl4F3N19O6. The second-order valence-electron chi connectivity index (χ2n) is 28.4. The van der Waals surface area contributed by atoms with Crippen LogP contribution in [0.25, 0.3) is 134 Å². The number of fused-ring (bicyclic) bond motifs is 4. The van der Waals surface area contributed by atoms with Crippen molar-refractivity contribution < 1.29 is 42.1 Å². The summed E-state index contributed by atoms with van der Waals surface area (Å²) in [7, 11) is 0. The number of aromatic nitrogens is 16. The van der Waals surface area contributed by atoms with E-state index in [1.54, 1.807) is 55.6 Å². The van der Waals surface area contributed by atoms with E-state index >= 15 is 0 Å². The van der Waals surface area contributed by atoms with Gasteiger partial charge in [-0.2, -0.15) is 20.4 Å². The van der Waals surface area contributed by atoms with Crippen molar-refractivity contribution >= 4 is 102 Å². The third-order valence-corrected chi connectivity index (χ3v) is 22.0. The Bertz CT molecular complexity index is 6350. The maximum atomic E-state index is 13.5. The number of amides is 2. The highest BCUT2D eigenvalue weighted by Gasteiger charge is 2.30. The van der Waals surface area contributed by atoms with Gasteiger partial charge < -0.3 is 29.1 Å². The molecule has 25 nitrogen and oxygen atoms in total. The van der Waals surface area contributed by atoms with E-state index in [4.69, 9.17) is 70.8 Å². The van der Waals surface area contributed by atoms with Gasteiger partial charge in [0, 0.05) is 90.3 Å². The van der Waals surface area contributed by atoms with Crippen molar-refractivity contribution in [1.82, 2.24) is 94.6 Å². The molecule has 0 spiro atoms. The Balaban J connectivity index is 0.000000174. The standard InChI is InChI=1S/C24H22ClN5O2.C23H19ClFN5O2.C23H21ClFN5O.C19H14ClFN4O.6CH4/c1-16-6-5-9-18(14-16)22-20-21(25)23(17-7-3-2-4-8-17)26-27-24(20)30(28-22)15-19(31)29-10-12-32-13-11-29;24-20-19-21(16-6-8-17(25)9-7-16)28-30(14-18(31)29-10-12-32-13-11-29)23(19)27-26-22(20)15-4-2-1-3-5-15;24-20-19-21(17-6-8-18(25)9-7-17)28-30(11-10-29-12-14-31-15-13-29)23(19)27-26-22(20)16-4-2-1-3-5-16;20-16-15-17(13-6-8-14(21)9-7-13)24-25(10-11-26)19(15)23-22-18(16)12-4-2-1-3-5-12;;;;;;/h2-9,14H,10-13,15H2,1H3;1-9H,10-14H2;1-9H,10-15H2;1-9,26H,10-11H2;6*1H4. The molecular weight excluding hydrogens is 1700 g/mol.